The van der Waals surface area contributed by atoms with E-state index in [-0.39, 0.29) is 11.3 Å². The zero-order chi connectivity index (χ0) is 11.6. The zero-order valence-electron chi connectivity index (χ0n) is 9.29. The van der Waals surface area contributed by atoms with Crippen molar-refractivity contribution in [3.63, 3.8) is 0 Å². The van der Waals surface area contributed by atoms with Gasteiger partial charge in [0.05, 0.1) is 6.61 Å². The van der Waals surface area contributed by atoms with Crippen LogP contribution < -0.4 is 5.32 Å². The van der Waals surface area contributed by atoms with Crippen LogP contribution in [-0.2, 0) is 11.3 Å². The van der Waals surface area contributed by atoms with Gasteiger partial charge in [-0.05, 0) is 31.0 Å². The number of nitrogens with one attached hydrogen (secondary N) is 1. The summed E-state index contributed by atoms with van der Waals surface area (Å²) in [6.07, 6.45) is 0.953. The summed E-state index contributed by atoms with van der Waals surface area (Å²) in [5.41, 5.74) is 0.702. The summed E-state index contributed by atoms with van der Waals surface area (Å²) in [6, 6.07) is 4.09. The van der Waals surface area contributed by atoms with Crippen LogP contribution in [0.2, 0.25) is 0 Å². The zero-order valence-corrected chi connectivity index (χ0v) is 9.29. The predicted octanol–water partition coefficient (Wildman–Crippen LogP) is 1.80. The second kappa shape index (κ2) is 4.39. The molecule has 88 valence electrons. The average molecular weight is 225 g/mol. The molecule has 0 saturated carbocycles. The van der Waals surface area contributed by atoms with Gasteiger partial charge in [-0.3, -0.25) is 0 Å². The normalized spacial score (nSPS) is 24.9. The van der Waals surface area contributed by atoms with Gasteiger partial charge in [-0.2, -0.15) is 0 Å². The summed E-state index contributed by atoms with van der Waals surface area (Å²) < 4.78 is 18.3. The van der Waals surface area contributed by atoms with Crippen LogP contribution in [0.4, 0.5) is 4.39 Å². The first-order valence-electron chi connectivity index (χ1n) is 5.39. The Morgan fingerprint density at radius 2 is 2.31 bits per heavy atom. The van der Waals surface area contributed by atoms with Crippen molar-refractivity contribution in [2.75, 3.05) is 13.2 Å². The molecule has 16 heavy (non-hydrogen) atoms. The van der Waals surface area contributed by atoms with E-state index >= 15 is 0 Å². The first-order valence-corrected chi connectivity index (χ1v) is 5.39. The molecule has 1 aromatic rings. The van der Waals surface area contributed by atoms with Crippen LogP contribution in [-0.4, -0.2) is 23.9 Å². The summed E-state index contributed by atoms with van der Waals surface area (Å²) in [5, 5.41) is 12.6. The summed E-state index contributed by atoms with van der Waals surface area (Å²) in [7, 11) is 0. The highest BCUT2D eigenvalue weighted by molar-refractivity contribution is 5.28. The van der Waals surface area contributed by atoms with Crippen LogP contribution in [0.15, 0.2) is 18.2 Å². The Kier molecular flexibility index (Phi) is 3.12. The molecule has 4 heteroatoms. The van der Waals surface area contributed by atoms with Gasteiger partial charge in [0.2, 0.25) is 0 Å². The van der Waals surface area contributed by atoms with E-state index in [1.807, 2.05) is 0 Å². The van der Waals surface area contributed by atoms with Crippen molar-refractivity contribution in [1.82, 2.24) is 5.32 Å². The van der Waals surface area contributed by atoms with Gasteiger partial charge in [0.25, 0.3) is 0 Å². The first-order chi connectivity index (χ1) is 7.57. The molecule has 0 aromatic heterocycles. The number of hydrogen-bond acceptors (Lipinski definition) is 3. The molecule has 1 fully saturated rings. The lowest BCUT2D eigenvalue weighted by Crippen LogP contribution is -2.42. The maximum atomic E-state index is 13.0. The SMILES string of the molecule is CC1(NCc2cc(O)cc(F)c2)CCOC1. The highest BCUT2D eigenvalue weighted by Crippen LogP contribution is 2.19. The molecule has 1 aromatic carbocycles. The molecule has 0 aliphatic carbocycles. The second-order valence-corrected chi connectivity index (χ2v) is 4.53. The summed E-state index contributed by atoms with van der Waals surface area (Å²) in [5.74, 6) is -0.450. The smallest absolute Gasteiger partial charge is 0.127 e. The molecule has 2 N–H and O–H groups in total. The van der Waals surface area contributed by atoms with E-state index in [1.165, 1.54) is 6.07 Å². The molecule has 0 bridgehead atoms. The third-order valence-corrected chi connectivity index (χ3v) is 2.88. The number of rotatable bonds is 3. The Bertz CT molecular complexity index is 355. The van der Waals surface area contributed by atoms with E-state index in [2.05, 4.69) is 12.2 Å². The Morgan fingerprint density at radius 3 is 2.94 bits per heavy atom. The minimum absolute atomic E-state index is 0.0374. The van der Waals surface area contributed by atoms with Crippen LogP contribution in [0.25, 0.3) is 0 Å². The molecule has 1 saturated heterocycles. The van der Waals surface area contributed by atoms with Gasteiger partial charge in [-0.1, -0.05) is 0 Å². The van der Waals surface area contributed by atoms with Gasteiger partial charge in [-0.25, -0.2) is 4.39 Å². The maximum absolute atomic E-state index is 13.0. The van der Waals surface area contributed by atoms with Gasteiger partial charge in [0.15, 0.2) is 0 Å². The van der Waals surface area contributed by atoms with Crippen molar-refractivity contribution < 1.29 is 14.2 Å². The average Bonchev–Trinajstić information content (AvgIpc) is 2.62. The van der Waals surface area contributed by atoms with Crippen molar-refractivity contribution >= 4 is 0 Å². The molecule has 1 unspecified atom stereocenters. The monoisotopic (exact) mass is 225 g/mol. The Labute approximate surface area is 94.2 Å². The van der Waals surface area contributed by atoms with Gasteiger partial charge in [-0.15, -0.1) is 0 Å². The number of phenolic OH excluding ortho intramolecular Hbond substituents is 1. The molecule has 1 aliphatic heterocycles. The summed E-state index contributed by atoms with van der Waals surface area (Å²) in [4.78, 5) is 0. The predicted molar refractivity (Wildman–Crippen MR) is 58.7 cm³/mol. The van der Waals surface area contributed by atoms with E-state index < -0.39 is 5.82 Å². The van der Waals surface area contributed by atoms with Gasteiger partial charge >= 0.3 is 0 Å². The van der Waals surface area contributed by atoms with Crippen molar-refractivity contribution in [2.24, 2.45) is 0 Å². The summed E-state index contributed by atoms with van der Waals surface area (Å²) >= 11 is 0. The van der Waals surface area contributed by atoms with Crippen molar-refractivity contribution in [2.45, 2.75) is 25.4 Å². The molecule has 0 spiro atoms. The van der Waals surface area contributed by atoms with Gasteiger partial charge < -0.3 is 15.2 Å². The van der Waals surface area contributed by atoms with Crippen molar-refractivity contribution in [1.29, 1.82) is 0 Å². The third kappa shape index (κ3) is 2.71. The van der Waals surface area contributed by atoms with Crippen LogP contribution >= 0.6 is 0 Å². The Balaban J connectivity index is 1.98. The number of phenols is 1. The molecule has 0 radical (unpaired) electrons. The topological polar surface area (TPSA) is 41.5 Å². The standard InChI is InChI=1S/C12H16FNO2/c1-12(2-3-16-8-12)14-7-9-4-10(13)6-11(15)5-9/h4-6,14-15H,2-3,7-8H2,1H3. The number of halogens is 1. The van der Waals surface area contributed by atoms with Crippen LogP contribution in [0, 0.1) is 5.82 Å². The Hall–Kier alpha value is -1.13. The van der Waals surface area contributed by atoms with E-state index in [4.69, 9.17) is 4.74 Å². The minimum Gasteiger partial charge on any atom is -0.508 e. The van der Waals surface area contributed by atoms with Gasteiger partial charge in [0, 0.05) is 24.8 Å². The Morgan fingerprint density at radius 1 is 1.50 bits per heavy atom. The van der Waals surface area contributed by atoms with E-state index in [0.717, 1.165) is 24.7 Å². The van der Waals surface area contributed by atoms with Crippen LogP contribution in [0.5, 0.6) is 5.75 Å². The van der Waals surface area contributed by atoms with Crippen molar-refractivity contribution in [3.05, 3.63) is 29.6 Å². The van der Waals surface area contributed by atoms with E-state index in [9.17, 15) is 9.50 Å². The van der Waals surface area contributed by atoms with Crippen LogP contribution in [0.1, 0.15) is 18.9 Å². The number of aromatic hydroxyl groups is 1. The quantitative estimate of drug-likeness (QED) is 0.824. The third-order valence-electron chi connectivity index (χ3n) is 2.88. The van der Waals surface area contributed by atoms with Gasteiger partial charge in [0.1, 0.15) is 11.6 Å². The lowest BCUT2D eigenvalue weighted by atomic mass is 10.0. The number of ether oxygens (including phenoxy) is 1. The molecule has 1 aliphatic rings. The van der Waals surface area contributed by atoms with Crippen LogP contribution in [0.3, 0.4) is 0 Å². The second-order valence-electron chi connectivity index (χ2n) is 4.53. The number of benzene rings is 1. The molecule has 0 amide bonds. The highest BCUT2D eigenvalue weighted by atomic mass is 19.1. The molecule has 1 heterocycles. The fourth-order valence-electron chi connectivity index (χ4n) is 1.86. The molecule has 3 nitrogen and oxygen atoms in total. The number of hydrogen-bond donors (Lipinski definition) is 2. The van der Waals surface area contributed by atoms with E-state index in [0.29, 0.717) is 13.2 Å². The lowest BCUT2D eigenvalue weighted by Gasteiger charge is -2.23. The highest BCUT2D eigenvalue weighted by Gasteiger charge is 2.28. The van der Waals surface area contributed by atoms with Crippen molar-refractivity contribution in [3.8, 4) is 5.75 Å². The molecular weight excluding hydrogens is 209 g/mol. The molecular formula is C12H16FNO2. The molecule has 1 atom stereocenters. The summed E-state index contributed by atoms with van der Waals surface area (Å²) in [6.45, 7) is 4.05. The first kappa shape index (κ1) is 11.4. The van der Waals surface area contributed by atoms with E-state index in [1.54, 1.807) is 6.07 Å². The maximum Gasteiger partial charge on any atom is 0.127 e. The minimum atomic E-state index is -0.412. The fraction of sp³-hybridized carbons (Fsp3) is 0.500. The fourth-order valence-corrected chi connectivity index (χ4v) is 1.86. The largest absolute Gasteiger partial charge is 0.508 e. The lowest BCUT2D eigenvalue weighted by molar-refractivity contribution is 0.171. The molecule has 2 rings (SSSR count).